The van der Waals surface area contributed by atoms with E-state index in [2.05, 4.69) is 5.32 Å². The van der Waals surface area contributed by atoms with Crippen molar-refractivity contribution in [2.24, 2.45) is 0 Å². The van der Waals surface area contributed by atoms with Crippen LogP contribution in [0.4, 0.5) is 13.2 Å². The molecule has 0 heterocycles. The Labute approximate surface area is 120 Å². The van der Waals surface area contributed by atoms with Crippen molar-refractivity contribution in [2.75, 3.05) is 19.6 Å². The second kappa shape index (κ2) is 7.50. The van der Waals surface area contributed by atoms with Gasteiger partial charge in [0.25, 0.3) is 5.91 Å². The predicted molar refractivity (Wildman–Crippen MR) is 69.9 cm³/mol. The van der Waals surface area contributed by atoms with Crippen molar-refractivity contribution in [1.29, 1.82) is 0 Å². The lowest BCUT2D eigenvalue weighted by molar-refractivity contribution is -0.137. The Balaban J connectivity index is 2.92. The predicted octanol–water partition coefficient (Wildman–Crippen LogP) is 3.08. The van der Waals surface area contributed by atoms with Gasteiger partial charge < -0.3 is 10.1 Å². The molecule has 0 aliphatic rings. The van der Waals surface area contributed by atoms with E-state index in [0.717, 1.165) is 12.1 Å². The lowest BCUT2D eigenvalue weighted by atomic mass is 10.1. The first kappa shape index (κ1) is 16.8. The van der Waals surface area contributed by atoms with Crippen LogP contribution in [0.25, 0.3) is 0 Å². The number of methoxy groups -OCH3 is 1. The van der Waals surface area contributed by atoms with Gasteiger partial charge in [0.15, 0.2) is 0 Å². The van der Waals surface area contributed by atoms with Crippen molar-refractivity contribution in [1.82, 2.24) is 5.32 Å². The van der Waals surface area contributed by atoms with Crippen LogP contribution in [0.15, 0.2) is 24.3 Å². The molecule has 1 aromatic carbocycles. The fourth-order valence-electron chi connectivity index (χ4n) is 1.72. The Morgan fingerprint density at radius 3 is 2.60 bits per heavy atom. The average Bonchev–Trinajstić information content (AvgIpc) is 2.38. The van der Waals surface area contributed by atoms with Gasteiger partial charge in [0.2, 0.25) is 0 Å². The number of benzene rings is 1. The number of hydrogen-bond acceptors (Lipinski definition) is 2. The topological polar surface area (TPSA) is 38.3 Å². The summed E-state index contributed by atoms with van der Waals surface area (Å²) in [6, 6.07) is 4.22. The molecule has 1 rings (SSSR count). The highest BCUT2D eigenvalue weighted by Gasteiger charge is 2.35. The summed E-state index contributed by atoms with van der Waals surface area (Å²) in [4.78, 5) is 12.0. The molecule has 7 heteroatoms. The monoisotopic (exact) mass is 309 g/mol. The number of nitrogens with one attached hydrogen (secondary N) is 1. The number of carbonyl (C=O) groups excluding carboxylic acids is 1. The van der Waals surface area contributed by atoms with Crippen LogP contribution in [0.3, 0.4) is 0 Å². The third-order valence-electron chi connectivity index (χ3n) is 2.64. The van der Waals surface area contributed by atoms with E-state index in [1.54, 1.807) is 0 Å². The van der Waals surface area contributed by atoms with Gasteiger partial charge in [-0.15, -0.1) is 11.6 Å². The Bertz CT molecular complexity index is 445. The molecule has 0 spiro atoms. The molecule has 20 heavy (non-hydrogen) atoms. The Morgan fingerprint density at radius 1 is 1.40 bits per heavy atom. The zero-order valence-electron chi connectivity index (χ0n) is 10.8. The molecule has 0 aromatic heterocycles. The molecule has 0 bridgehead atoms. The van der Waals surface area contributed by atoms with Gasteiger partial charge in [-0.1, -0.05) is 12.1 Å². The van der Waals surface area contributed by atoms with Gasteiger partial charge in [0.05, 0.1) is 23.8 Å². The lowest BCUT2D eigenvalue weighted by Gasteiger charge is -2.18. The van der Waals surface area contributed by atoms with E-state index in [0.29, 0.717) is 6.42 Å². The lowest BCUT2D eigenvalue weighted by Crippen LogP contribution is -2.39. The van der Waals surface area contributed by atoms with Crippen LogP contribution in [-0.4, -0.2) is 31.5 Å². The summed E-state index contributed by atoms with van der Waals surface area (Å²) in [6.45, 7) is 0.187. The molecule has 0 radical (unpaired) electrons. The molecule has 0 saturated carbocycles. The van der Waals surface area contributed by atoms with Crippen molar-refractivity contribution in [3.63, 3.8) is 0 Å². The molecular weight excluding hydrogens is 295 g/mol. The fourth-order valence-corrected chi connectivity index (χ4v) is 1.98. The molecule has 112 valence electrons. The van der Waals surface area contributed by atoms with E-state index >= 15 is 0 Å². The highest BCUT2D eigenvalue weighted by Crippen LogP contribution is 2.31. The SMILES string of the molecule is COCC(CCCl)NC(=O)c1ccccc1C(F)(F)F. The summed E-state index contributed by atoms with van der Waals surface area (Å²) in [5.41, 5.74) is -1.37. The van der Waals surface area contributed by atoms with Crippen molar-refractivity contribution in [2.45, 2.75) is 18.6 Å². The van der Waals surface area contributed by atoms with Crippen LogP contribution < -0.4 is 5.32 Å². The standard InChI is InChI=1S/C13H15ClF3NO2/c1-20-8-9(6-7-14)18-12(19)10-4-2-3-5-11(10)13(15,16)17/h2-5,9H,6-8H2,1H3,(H,18,19). The van der Waals surface area contributed by atoms with Crippen molar-refractivity contribution in [3.8, 4) is 0 Å². The fraction of sp³-hybridized carbons (Fsp3) is 0.462. The normalized spacial score (nSPS) is 13.1. The second-order valence-electron chi connectivity index (χ2n) is 4.15. The van der Waals surface area contributed by atoms with Crippen LogP contribution in [0.5, 0.6) is 0 Å². The summed E-state index contributed by atoms with van der Waals surface area (Å²) in [6.07, 6.45) is -4.16. The minimum absolute atomic E-state index is 0.187. The van der Waals surface area contributed by atoms with E-state index in [1.807, 2.05) is 0 Å². The van der Waals surface area contributed by atoms with Gasteiger partial charge in [-0.25, -0.2) is 0 Å². The second-order valence-corrected chi connectivity index (χ2v) is 4.52. The number of ether oxygens (including phenoxy) is 1. The highest BCUT2D eigenvalue weighted by molar-refractivity contribution is 6.17. The number of halogens is 4. The summed E-state index contributed by atoms with van der Waals surface area (Å²) >= 11 is 5.58. The molecular formula is C13H15ClF3NO2. The number of hydrogen-bond donors (Lipinski definition) is 1. The van der Waals surface area contributed by atoms with Crippen LogP contribution in [-0.2, 0) is 10.9 Å². The van der Waals surface area contributed by atoms with Crippen molar-refractivity contribution in [3.05, 3.63) is 35.4 Å². The summed E-state index contributed by atoms with van der Waals surface area (Å²) in [7, 11) is 1.44. The molecule has 1 unspecified atom stereocenters. The minimum atomic E-state index is -4.57. The number of carbonyl (C=O) groups is 1. The zero-order chi connectivity index (χ0) is 15.2. The van der Waals surface area contributed by atoms with Gasteiger partial charge in [-0.05, 0) is 18.6 Å². The largest absolute Gasteiger partial charge is 0.417 e. The van der Waals surface area contributed by atoms with Crippen LogP contribution in [0.1, 0.15) is 22.3 Å². The third-order valence-corrected chi connectivity index (χ3v) is 2.86. The zero-order valence-corrected chi connectivity index (χ0v) is 11.6. The summed E-state index contributed by atoms with van der Waals surface area (Å²) in [5.74, 6) is -0.514. The van der Waals surface area contributed by atoms with E-state index in [9.17, 15) is 18.0 Å². The minimum Gasteiger partial charge on any atom is -0.383 e. The number of alkyl halides is 4. The quantitative estimate of drug-likeness (QED) is 0.820. The molecule has 0 aliphatic heterocycles. The first-order valence-corrected chi connectivity index (χ1v) is 6.45. The average molecular weight is 310 g/mol. The number of rotatable bonds is 6. The molecule has 1 atom stereocenters. The molecule has 3 nitrogen and oxygen atoms in total. The Kier molecular flexibility index (Phi) is 6.29. The first-order chi connectivity index (χ1) is 9.40. The number of amides is 1. The molecule has 0 aliphatic carbocycles. The van der Waals surface area contributed by atoms with Gasteiger partial charge in [0.1, 0.15) is 0 Å². The first-order valence-electron chi connectivity index (χ1n) is 5.92. The van der Waals surface area contributed by atoms with E-state index in [1.165, 1.54) is 19.2 Å². The summed E-state index contributed by atoms with van der Waals surface area (Å²) in [5, 5.41) is 2.50. The van der Waals surface area contributed by atoms with Crippen molar-refractivity contribution < 1.29 is 22.7 Å². The maximum absolute atomic E-state index is 12.8. The molecule has 1 N–H and O–H groups in total. The van der Waals surface area contributed by atoms with Crippen LogP contribution in [0.2, 0.25) is 0 Å². The maximum atomic E-state index is 12.8. The van der Waals surface area contributed by atoms with Crippen molar-refractivity contribution >= 4 is 17.5 Å². The smallest absolute Gasteiger partial charge is 0.383 e. The maximum Gasteiger partial charge on any atom is 0.417 e. The molecule has 0 saturated heterocycles. The Morgan fingerprint density at radius 2 is 2.05 bits per heavy atom. The van der Waals surface area contributed by atoms with E-state index in [-0.39, 0.29) is 12.5 Å². The molecule has 1 aromatic rings. The van der Waals surface area contributed by atoms with Crippen LogP contribution >= 0.6 is 11.6 Å². The van der Waals surface area contributed by atoms with E-state index < -0.39 is 29.3 Å². The molecule has 1 amide bonds. The highest BCUT2D eigenvalue weighted by atomic mass is 35.5. The van der Waals surface area contributed by atoms with Gasteiger partial charge in [0, 0.05) is 13.0 Å². The summed E-state index contributed by atoms with van der Waals surface area (Å²) < 4.78 is 43.3. The third kappa shape index (κ3) is 4.68. The van der Waals surface area contributed by atoms with E-state index in [4.69, 9.17) is 16.3 Å². The van der Waals surface area contributed by atoms with Crippen LogP contribution in [0, 0.1) is 0 Å². The molecule has 0 fully saturated rings. The van der Waals surface area contributed by atoms with Gasteiger partial charge in [-0.2, -0.15) is 13.2 Å². The Hall–Kier alpha value is -1.27. The van der Waals surface area contributed by atoms with Gasteiger partial charge >= 0.3 is 6.18 Å². The van der Waals surface area contributed by atoms with Gasteiger partial charge in [-0.3, -0.25) is 4.79 Å².